The van der Waals surface area contributed by atoms with Crippen LogP contribution in [0.4, 0.5) is 5.00 Å². The van der Waals surface area contributed by atoms with E-state index < -0.39 is 5.97 Å². The van der Waals surface area contributed by atoms with Crippen LogP contribution in [0.2, 0.25) is 0 Å². The van der Waals surface area contributed by atoms with Crippen LogP contribution in [0.15, 0.2) is 24.3 Å². The molecule has 1 N–H and O–H groups in total. The number of carbonyl (C=O) groups is 2. The summed E-state index contributed by atoms with van der Waals surface area (Å²) < 4.78 is 10.5. The Kier molecular flexibility index (Phi) is 5.61. The highest BCUT2D eigenvalue weighted by Gasteiger charge is 2.29. The van der Waals surface area contributed by atoms with Crippen LogP contribution in [0.5, 0.6) is 5.75 Å². The molecular formula is C20H23NO4S. The van der Waals surface area contributed by atoms with Crippen LogP contribution in [0, 0.1) is 5.92 Å². The first kappa shape index (κ1) is 18.5. The fourth-order valence-electron chi connectivity index (χ4n) is 3.26. The maximum atomic E-state index is 12.8. The van der Waals surface area contributed by atoms with Gasteiger partial charge in [-0.1, -0.05) is 19.1 Å². The second-order valence-corrected chi connectivity index (χ2v) is 7.54. The van der Waals surface area contributed by atoms with E-state index in [9.17, 15) is 9.59 Å². The molecule has 26 heavy (non-hydrogen) atoms. The lowest BCUT2D eigenvalue weighted by atomic mass is 9.88. The lowest BCUT2D eigenvalue weighted by Gasteiger charge is -2.18. The predicted octanol–water partition coefficient (Wildman–Crippen LogP) is 4.31. The second kappa shape index (κ2) is 7.91. The monoisotopic (exact) mass is 373 g/mol. The number of anilines is 1. The van der Waals surface area contributed by atoms with E-state index in [1.165, 1.54) is 18.4 Å². The molecule has 5 nitrogen and oxygen atoms in total. The van der Waals surface area contributed by atoms with Crippen molar-refractivity contribution in [2.24, 2.45) is 5.92 Å². The van der Waals surface area contributed by atoms with Crippen molar-refractivity contribution in [3.63, 3.8) is 0 Å². The van der Waals surface area contributed by atoms with Gasteiger partial charge in [0.25, 0.3) is 5.91 Å². The van der Waals surface area contributed by atoms with Crippen LogP contribution < -0.4 is 10.1 Å². The molecule has 0 saturated heterocycles. The zero-order chi connectivity index (χ0) is 18.7. The van der Waals surface area contributed by atoms with E-state index in [0.717, 1.165) is 29.7 Å². The molecule has 0 fully saturated rings. The summed E-state index contributed by atoms with van der Waals surface area (Å²) >= 11 is 1.48. The molecule has 1 unspecified atom stereocenters. The third-order valence-corrected chi connectivity index (χ3v) is 5.73. The van der Waals surface area contributed by atoms with Gasteiger partial charge in [0.15, 0.2) is 0 Å². The molecule has 0 bridgehead atoms. The molecule has 2 aromatic rings. The molecule has 1 aliphatic rings. The van der Waals surface area contributed by atoms with Crippen molar-refractivity contribution in [2.45, 2.75) is 33.1 Å². The van der Waals surface area contributed by atoms with Gasteiger partial charge in [-0.05, 0) is 49.8 Å². The number of ether oxygens (including phenoxy) is 2. The predicted molar refractivity (Wildman–Crippen MR) is 102 cm³/mol. The molecule has 1 atom stereocenters. The lowest BCUT2D eigenvalue weighted by Crippen LogP contribution is -2.16. The van der Waals surface area contributed by atoms with Gasteiger partial charge < -0.3 is 14.8 Å². The van der Waals surface area contributed by atoms with Crippen molar-refractivity contribution >= 4 is 28.2 Å². The standard InChI is InChI=1S/C20H23NO4S/c1-4-25-15-8-6-5-7-13(15)18(22)21-19-17(20(23)24-3)14-10-9-12(2)11-16(14)26-19/h5-8,12H,4,9-11H2,1-3H3,(H,21,22). The van der Waals surface area contributed by atoms with Gasteiger partial charge in [-0.15, -0.1) is 11.3 Å². The molecule has 6 heteroatoms. The maximum absolute atomic E-state index is 12.8. The molecule has 1 aromatic heterocycles. The van der Waals surface area contributed by atoms with Gasteiger partial charge in [-0.25, -0.2) is 4.79 Å². The first-order valence-corrected chi connectivity index (χ1v) is 9.62. The van der Waals surface area contributed by atoms with Gasteiger partial charge in [0.05, 0.1) is 24.8 Å². The minimum atomic E-state index is -0.398. The van der Waals surface area contributed by atoms with Gasteiger partial charge in [0, 0.05) is 4.88 Å². The van der Waals surface area contributed by atoms with Gasteiger partial charge in [0.1, 0.15) is 10.8 Å². The number of para-hydroxylation sites is 1. The Labute approximate surface area is 157 Å². The Morgan fingerprint density at radius 3 is 2.81 bits per heavy atom. The van der Waals surface area contributed by atoms with Crippen LogP contribution >= 0.6 is 11.3 Å². The molecule has 1 aromatic carbocycles. The number of fused-ring (bicyclic) bond motifs is 1. The van der Waals surface area contributed by atoms with Crippen LogP contribution in [-0.2, 0) is 17.6 Å². The number of benzene rings is 1. The first-order valence-electron chi connectivity index (χ1n) is 8.81. The molecule has 0 spiro atoms. The Morgan fingerprint density at radius 2 is 2.08 bits per heavy atom. The highest BCUT2D eigenvalue weighted by atomic mass is 32.1. The molecule has 1 amide bonds. The number of hydrogen-bond donors (Lipinski definition) is 1. The fraction of sp³-hybridized carbons (Fsp3) is 0.400. The SMILES string of the molecule is CCOc1ccccc1C(=O)Nc1sc2c(c1C(=O)OC)CCC(C)C2. The van der Waals surface area contributed by atoms with Crippen LogP contribution in [0.3, 0.4) is 0 Å². The second-order valence-electron chi connectivity index (χ2n) is 6.43. The van der Waals surface area contributed by atoms with Crippen molar-refractivity contribution in [2.75, 3.05) is 19.0 Å². The molecule has 0 radical (unpaired) electrons. The molecule has 1 aliphatic carbocycles. The zero-order valence-corrected chi connectivity index (χ0v) is 16.1. The van der Waals surface area contributed by atoms with Crippen LogP contribution in [0.25, 0.3) is 0 Å². The summed E-state index contributed by atoms with van der Waals surface area (Å²) in [4.78, 5) is 26.3. The van der Waals surface area contributed by atoms with Gasteiger partial charge in [0.2, 0.25) is 0 Å². The summed E-state index contributed by atoms with van der Waals surface area (Å²) in [7, 11) is 1.37. The summed E-state index contributed by atoms with van der Waals surface area (Å²) in [6.07, 6.45) is 2.80. The Balaban J connectivity index is 1.95. The third kappa shape index (κ3) is 3.60. The zero-order valence-electron chi connectivity index (χ0n) is 15.3. The number of methoxy groups -OCH3 is 1. The summed E-state index contributed by atoms with van der Waals surface area (Å²) in [5.74, 6) is 0.423. The van der Waals surface area contributed by atoms with Gasteiger partial charge >= 0.3 is 5.97 Å². The van der Waals surface area contributed by atoms with Crippen molar-refractivity contribution in [1.29, 1.82) is 0 Å². The maximum Gasteiger partial charge on any atom is 0.341 e. The molecule has 138 valence electrons. The van der Waals surface area contributed by atoms with Crippen molar-refractivity contribution < 1.29 is 19.1 Å². The van der Waals surface area contributed by atoms with Crippen LogP contribution in [0.1, 0.15) is 51.4 Å². The fourth-order valence-corrected chi connectivity index (χ4v) is 4.66. The summed E-state index contributed by atoms with van der Waals surface area (Å²) in [5, 5.41) is 3.47. The van der Waals surface area contributed by atoms with E-state index in [0.29, 0.717) is 34.4 Å². The first-order chi connectivity index (χ1) is 12.5. The van der Waals surface area contributed by atoms with E-state index >= 15 is 0 Å². The average Bonchev–Trinajstić information content (AvgIpc) is 2.98. The minimum absolute atomic E-state index is 0.286. The Bertz CT molecular complexity index is 827. The third-order valence-electron chi connectivity index (χ3n) is 4.56. The summed E-state index contributed by atoms with van der Waals surface area (Å²) in [6.45, 7) is 4.55. The van der Waals surface area contributed by atoms with Crippen molar-refractivity contribution in [3.8, 4) is 5.75 Å². The largest absolute Gasteiger partial charge is 0.493 e. The summed E-state index contributed by atoms with van der Waals surface area (Å²) in [6, 6.07) is 7.10. The van der Waals surface area contributed by atoms with Gasteiger partial charge in [-0.2, -0.15) is 0 Å². The van der Waals surface area contributed by atoms with E-state index in [1.807, 2.05) is 13.0 Å². The highest BCUT2D eigenvalue weighted by Crippen LogP contribution is 2.40. The molecular weight excluding hydrogens is 350 g/mol. The van der Waals surface area contributed by atoms with Crippen LogP contribution in [-0.4, -0.2) is 25.6 Å². The Morgan fingerprint density at radius 1 is 1.31 bits per heavy atom. The smallest absolute Gasteiger partial charge is 0.341 e. The lowest BCUT2D eigenvalue weighted by molar-refractivity contribution is 0.0601. The number of esters is 1. The average molecular weight is 373 g/mol. The van der Waals surface area contributed by atoms with E-state index in [-0.39, 0.29) is 5.91 Å². The van der Waals surface area contributed by atoms with E-state index in [1.54, 1.807) is 18.2 Å². The molecule has 0 saturated carbocycles. The molecule has 0 aliphatic heterocycles. The van der Waals surface area contributed by atoms with E-state index in [2.05, 4.69) is 12.2 Å². The number of nitrogens with one attached hydrogen (secondary N) is 1. The quantitative estimate of drug-likeness (QED) is 0.793. The normalized spacial score (nSPS) is 15.9. The number of amides is 1. The number of thiophene rings is 1. The molecule has 1 heterocycles. The van der Waals surface area contributed by atoms with Crippen molar-refractivity contribution in [1.82, 2.24) is 0 Å². The minimum Gasteiger partial charge on any atom is -0.493 e. The molecule has 3 rings (SSSR count). The summed E-state index contributed by atoms with van der Waals surface area (Å²) in [5.41, 5.74) is 1.97. The number of rotatable bonds is 5. The van der Waals surface area contributed by atoms with Gasteiger partial charge in [-0.3, -0.25) is 4.79 Å². The highest BCUT2D eigenvalue weighted by molar-refractivity contribution is 7.17. The number of hydrogen-bond acceptors (Lipinski definition) is 5. The van der Waals surface area contributed by atoms with E-state index in [4.69, 9.17) is 9.47 Å². The van der Waals surface area contributed by atoms with Crippen molar-refractivity contribution in [3.05, 3.63) is 45.8 Å². The topological polar surface area (TPSA) is 64.6 Å². The Hall–Kier alpha value is -2.34. The number of carbonyl (C=O) groups excluding carboxylic acids is 2.